The quantitative estimate of drug-likeness (QED) is 0.834. The van der Waals surface area contributed by atoms with Crippen LogP contribution < -0.4 is 15.4 Å². The number of nitrogen functional groups attached to an aromatic ring is 1. The van der Waals surface area contributed by atoms with Crippen LogP contribution in [0.1, 0.15) is 27.7 Å². The first-order valence-corrected chi connectivity index (χ1v) is 6.58. The first kappa shape index (κ1) is 13.7. The van der Waals surface area contributed by atoms with Crippen LogP contribution in [-0.2, 0) is 4.79 Å². The van der Waals surface area contributed by atoms with E-state index in [4.69, 9.17) is 10.5 Å². The minimum Gasteiger partial charge on any atom is -0.495 e. The molecule has 1 saturated heterocycles. The fourth-order valence-corrected chi connectivity index (χ4v) is 2.72. The van der Waals surface area contributed by atoms with E-state index in [1.54, 1.807) is 13.2 Å². The number of benzene rings is 1. The molecule has 4 heteroatoms. The minimum atomic E-state index is -0.339. The number of hydrogen-bond donors (Lipinski definition) is 1. The van der Waals surface area contributed by atoms with Crippen LogP contribution in [0.15, 0.2) is 18.2 Å². The predicted molar refractivity (Wildman–Crippen MR) is 77.3 cm³/mol. The van der Waals surface area contributed by atoms with Crippen molar-refractivity contribution in [1.29, 1.82) is 0 Å². The molecule has 1 heterocycles. The fraction of sp³-hybridized carbons (Fsp3) is 0.533. The Labute approximate surface area is 114 Å². The van der Waals surface area contributed by atoms with Gasteiger partial charge in [0.25, 0.3) is 0 Å². The Balaban J connectivity index is 2.45. The van der Waals surface area contributed by atoms with Gasteiger partial charge in [-0.3, -0.25) is 4.79 Å². The second kappa shape index (κ2) is 4.44. The lowest BCUT2D eigenvalue weighted by Crippen LogP contribution is -2.34. The summed E-state index contributed by atoms with van der Waals surface area (Å²) in [6, 6.07) is 5.65. The zero-order valence-electron chi connectivity index (χ0n) is 12.2. The predicted octanol–water partition coefficient (Wildman–Crippen LogP) is 2.67. The Hall–Kier alpha value is -1.71. The van der Waals surface area contributed by atoms with Gasteiger partial charge in [-0.25, -0.2) is 0 Å². The van der Waals surface area contributed by atoms with E-state index in [0.29, 0.717) is 17.4 Å². The van der Waals surface area contributed by atoms with E-state index in [0.717, 1.165) is 5.69 Å². The monoisotopic (exact) mass is 262 g/mol. The summed E-state index contributed by atoms with van der Waals surface area (Å²) in [6.07, 6.45) is 0. The zero-order valence-corrected chi connectivity index (χ0v) is 12.2. The van der Waals surface area contributed by atoms with E-state index in [2.05, 4.69) is 13.8 Å². The summed E-state index contributed by atoms with van der Waals surface area (Å²) >= 11 is 0. The molecular formula is C15H22N2O2. The molecular weight excluding hydrogens is 240 g/mol. The second-order valence-electron chi connectivity index (χ2n) is 5.85. The van der Waals surface area contributed by atoms with Gasteiger partial charge >= 0.3 is 0 Å². The summed E-state index contributed by atoms with van der Waals surface area (Å²) in [5, 5.41) is 0. The normalized spacial score (nSPS) is 25.7. The van der Waals surface area contributed by atoms with Crippen molar-refractivity contribution in [2.75, 3.05) is 17.7 Å². The molecule has 0 radical (unpaired) electrons. The van der Waals surface area contributed by atoms with Crippen molar-refractivity contribution in [2.24, 2.45) is 11.3 Å². The molecule has 2 N–H and O–H groups in total. The topological polar surface area (TPSA) is 55.6 Å². The highest BCUT2D eigenvalue weighted by molar-refractivity contribution is 6.00. The number of anilines is 2. The molecule has 0 saturated carbocycles. The molecule has 1 amide bonds. The van der Waals surface area contributed by atoms with Gasteiger partial charge < -0.3 is 15.4 Å². The van der Waals surface area contributed by atoms with Gasteiger partial charge in [0.2, 0.25) is 5.91 Å². The molecule has 0 spiro atoms. The van der Waals surface area contributed by atoms with E-state index in [1.807, 2.05) is 30.9 Å². The first-order valence-electron chi connectivity index (χ1n) is 6.58. The van der Waals surface area contributed by atoms with E-state index >= 15 is 0 Å². The highest BCUT2D eigenvalue weighted by Crippen LogP contribution is 2.43. The van der Waals surface area contributed by atoms with Crippen LogP contribution in [0.2, 0.25) is 0 Å². The Bertz CT molecular complexity index is 511. The average molecular weight is 262 g/mol. The molecule has 1 fully saturated rings. The lowest BCUT2D eigenvalue weighted by Gasteiger charge is -2.24. The van der Waals surface area contributed by atoms with Crippen molar-refractivity contribution >= 4 is 17.3 Å². The maximum Gasteiger partial charge on any atom is 0.233 e. The van der Waals surface area contributed by atoms with Crippen LogP contribution in [0.4, 0.5) is 11.4 Å². The lowest BCUT2D eigenvalue weighted by atomic mass is 9.80. The van der Waals surface area contributed by atoms with E-state index < -0.39 is 0 Å². The van der Waals surface area contributed by atoms with Crippen molar-refractivity contribution in [3.63, 3.8) is 0 Å². The highest BCUT2D eigenvalue weighted by atomic mass is 16.5. The van der Waals surface area contributed by atoms with E-state index in [1.165, 1.54) is 0 Å². The number of rotatable bonds is 2. The van der Waals surface area contributed by atoms with Gasteiger partial charge in [0.1, 0.15) is 5.75 Å². The van der Waals surface area contributed by atoms with Crippen LogP contribution in [0.3, 0.4) is 0 Å². The van der Waals surface area contributed by atoms with Crippen molar-refractivity contribution in [2.45, 2.75) is 33.7 Å². The summed E-state index contributed by atoms with van der Waals surface area (Å²) < 4.78 is 5.23. The van der Waals surface area contributed by atoms with Crippen LogP contribution in [0.5, 0.6) is 5.75 Å². The Kier molecular flexibility index (Phi) is 3.20. The Morgan fingerprint density at radius 2 is 1.95 bits per heavy atom. The molecule has 2 atom stereocenters. The van der Waals surface area contributed by atoms with E-state index in [-0.39, 0.29) is 17.4 Å². The van der Waals surface area contributed by atoms with Crippen molar-refractivity contribution in [1.82, 2.24) is 0 Å². The summed E-state index contributed by atoms with van der Waals surface area (Å²) in [5.74, 6) is 1.05. The largest absolute Gasteiger partial charge is 0.495 e. The molecule has 1 aliphatic heterocycles. The molecule has 0 bridgehead atoms. The molecule has 1 aromatic carbocycles. The van der Waals surface area contributed by atoms with Crippen molar-refractivity contribution in [3.8, 4) is 5.75 Å². The van der Waals surface area contributed by atoms with Gasteiger partial charge in [0.15, 0.2) is 0 Å². The summed E-state index contributed by atoms with van der Waals surface area (Å²) in [7, 11) is 1.58. The van der Waals surface area contributed by atoms with Crippen molar-refractivity contribution in [3.05, 3.63) is 18.2 Å². The molecule has 1 unspecified atom stereocenters. The highest BCUT2D eigenvalue weighted by Gasteiger charge is 2.49. The van der Waals surface area contributed by atoms with Gasteiger partial charge in [0, 0.05) is 23.2 Å². The summed E-state index contributed by atoms with van der Waals surface area (Å²) in [6.45, 7) is 8.22. The molecule has 1 aliphatic rings. The smallest absolute Gasteiger partial charge is 0.233 e. The number of amides is 1. The number of methoxy groups -OCH3 is 1. The molecule has 19 heavy (non-hydrogen) atoms. The summed E-state index contributed by atoms with van der Waals surface area (Å²) in [5.41, 5.74) is 6.91. The second-order valence-corrected chi connectivity index (χ2v) is 5.85. The Morgan fingerprint density at radius 1 is 1.32 bits per heavy atom. The van der Waals surface area contributed by atoms with Gasteiger partial charge in [-0.1, -0.05) is 20.8 Å². The van der Waals surface area contributed by atoms with Crippen LogP contribution in [0, 0.1) is 11.3 Å². The number of carbonyl (C=O) groups excluding carboxylic acids is 1. The third-order valence-corrected chi connectivity index (χ3v) is 4.53. The van der Waals surface area contributed by atoms with Crippen LogP contribution >= 0.6 is 0 Å². The molecule has 2 rings (SSSR count). The van der Waals surface area contributed by atoms with Gasteiger partial charge in [0.05, 0.1) is 12.8 Å². The Morgan fingerprint density at radius 3 is 2.42 bits per heavy atom. The molecule has 1 aromatic rings. The van der Waals surface area contributed by atoms with E-state index in [9.17, 15) is 4.79 Å². The summed E-state index contributed by atoms with van der Waals surface area (Å²) in [4.78, 5) is 14.4. The van der Waals surface area contributed by atoms with Crippen molar-refractivity contribution < 1.29 is 9.53 Å². The zero-order chi connectivity index (χ0) is 14.4. The first-order chi connectivity index (χ1) is 8.80. The lowest BCUT2D eigenvalue weighted by molar-refractivity contribution is -0.125. The third-order valence-electron chi connectivity index (χ3n) is 4.53. The third kappa shape index (κ3) is 1.95. The minimum absolute atomic E-state index is 0.152. The SMILES string of the molecule is COc1cc(N2C(=O)C(C)(C)C(C)[C@@H]2C)ccc1N. The number of hydrogen-bond acceptors (Lipinski definition) is 3. The standard InChI is InChI=1S/C15H22N2O2/c1-9-10(2)17(14(18)15(9,3)4)11-6-7-12(16)13(8-11)19-5/h6-10H,16H2,1-5H3/t9?,10-/m0/s1. The molecule has 0 aliphatic carbocycles. The van der Waals surface area contributed by atoms with Crippen LogP contribution in [-0.4, -0.2) is 19.1 Å². The van der Waals surface area contributed by atoms with Gasteiger partial charge in [-0.15, -0.1) is 0 Å². The van der Waals surface area contributed by atoms with Crippen LogP contribution in [0.25, 0.3) is 0 Å². The number of nitrogens with two attached hydrogens (primary N) is 1. The maximum atomic E-state index is 12.6. The number of ether oxygens (including phenoxy) is 1. The average Bonchev–Trinajstić information content (AvgIpc) is 2.52. The molecule has 4 nitrogen and oxygen atoms in total. The fourth-order valence-electron chi connectivity index (χ4n) is 2.72. The number of carbonyl (C=O) groups is 1. The molecule has 0 aromatic heterocycles. The molecule has 104 valence electrons. The van der Waals surface area contributed by atoms with Gasteiger partial charge in [-0.2, -0.15) is 0 Å². The number of nitrogens with zero attached hydrogens (tertiary/aromatic N) is 1. The maximum absolute atomic E-state index is 12.6. The van der Waals surface area contributed by atoms with Gasteiger partial charge in [-0.05, 0) is 25.0 Å².